The van der Waals surface area contributed by atoms with Crippen LogP contribution in [0.5, 0.6) is 0 Å². The Morgan fingerprint density at radius 1 is 1.15 bits per heavy atom. The second-order valence-electron chi connectivity index (χ2n) is 8.61. The number of pyridine rings is 1. The van der Waals surface area contributed by atoms with Crippen molar-refractivity contribution in [1.29, 1.82) is 0 Å². The van der Waals surface area contributed by atoms with Crippen LogP contribution >= 0.6 is 0 Å². The molecule has 7 nitrogen and oxygen atoms in total. The standard InChI is InChI=1S/C25H23FN2O5/c1-13-4-3-5-19(27-13)28-21(14-6-8-15(9-7-14)25(31)32-2)20-22(29)17-12-16(26)10-11-18(17)33-23(20)24(28)30/h3-9,16-18,21H,10-12H2,1-2H3. The molecule has 0 saturated heterocycles. The molecule has 4 atom stereocenters. The highest BCUT2D eigenvalue weighted by molar-refractivity contribution is 6.17. The van der Waals surface area contributed by atoms with Crippen LogP contribution in [0.25, 0.3) is 0 Å². The van der Waals surface area contributed by atoms with Crippen LogP contribution in [0.1, 0.15) is 46.9 Å². The van der Waals surface area contributed by atoms with Crippen molar-refractivity contribution >= 4 is 23.5 Å². The van der Waals surface area contributed by atoms with Gasteiger partial charge in [-0.3, -0.25) is 14.5 Å². The Labute approximate surface area is 190 Å². The first-order valence-electron chi connectivity index (χ1n) is 10.9. The molecule has 3 aliphatic rings. The lowest BCUT2D eigenvalue weighted by Crippen LogP contribution is -2.42. The average Bonchev–Trinajstić information content (AvgIpc) is 3.11. The largest absolute Gasteiger partial charge is 0.483 e. The molecule has 0 radical (unpaired) electrons. The van der Waals surface area contributed by atoms with E-state index in [2.05, 4.69) is 4.98 Å². The van der Waals surface area contributed by atoms with Gasteiger partial charge in [0.25, 0.3) is 5.91 Å². The van der Waals surface area contributed by atoms with Crippen LogP contribution in [0.4, 0.5) is 10.2 Å². The molecule has 3 heterocycles. The molecular formula is C25H23FN2O5. The maximum absolute atomic E-state index is 14.2. The molecule has 5 rings (SSSR count). The fraction of sp³-hybridized carbons (Fsp3) is 0.360. The number of carbonyl (C=O) groups excluding carboxylic acids is 3. The van der Waals surface area contributed by atoms with Gasteiger partial charge in [-0.1, -0.05) is 18.2 Å². The molecule has 170 valence electrons. The third-order valence-corrected chi connectivity index (χ3v) is 6.55. The molecule has 1 amide bonds. The SMILES string of the molecule is COC(=O)c1ccc(C2C3=C(OC4CCC(F)CC4C3=O)C(=O)N2c2cccc(C)n2)cc1. The molecular weight excluding hydrogens is 427 g/mol. The number of esters is 1. The lowest BCUT2D eigenvalue weighted by atomic mass is 9.77. The fourth-order valence-corrected chi connectivity index (χ4v) is 4.95. The number of benzene rings is 1. The number of amides is 1. The van der Waals surface area contributed by atoms with E-state index in [1.807, 2.05) is 13.0 Å². The van der Waals surface area contributed by atoms with Gasteiger partial charge >= 0.3 is 5.97 Å². The van der Waals surface area contributed by atoms with Gasteiger partial charge in [0.15, 0.2) is 11.5 Å². The number of ether oxygens (including phenoxy) is 2. The first kappa shape index (κ1) is 21.3. The Morgan fingerprint density at radius 2 is 1.91 bits per heavy atom. The van der Waals surface area contributed by atoms with Crippen molar-refractivity contribution in [3.05, 3.63) is 70.6 Å². The van der Waals surface area contributed by atoms with Crippen LogP contribution in [0.15, 0.2) is 53.8 Å². The summed E-state index contributed by atoms with van der Waals surface area (Å²) in [5, 5.41) is 0. The second-order valence-corrected chi connectivity index (χ2v) is 8.61. The number of carbonyl (C=O) groups is 3. The van der Waals surface area contributed by atoms with Crippen molar-refractivity contribution < 1.29 is 28.2 Å². The summed E-state index contributed by atoms with van der Waals surface area (Å²) in [6.07, 6.45) is -0.772. The van der Waals surface area contributed by atoms with E-state index in [0.29, 0.717) is 35.5 Å². The smallest absolute Gasteiger partial charge is 0.337 e. The minimum absolute atomic E-state index is 0.0175. The fourth-order valence-electron chi connectivity index (χ4n) is 4.95. The van der Waals surface area contributed by atoms with Crippen LogP contribution in [0, 0.1) is 12.8 Å². The van der Waals surface area contributed by atoms with E-state index in [1.54, 1.807) is 36.4 Å². The molecule has 1 saturated carbocycles. The number of alkyl halides is 1. The van der Waals surface area contributed by atoms with Crippen LogP contribution in [0.2, 0.25) is 0 Å². The Hall–Kier alpha value is -3.55. The normalized spacial score (nSPS) is 26.6. The number of halogens is 1. The highest BCUT2D eigenvalue weighted by atomic mass is 19.1. The van der Waals surface area contributed by atoms with E-state index in [0.717, 1.165) is 0 Å². The van der Waals surface area contributed by atoms with Gasteiger partial charge in [-0.25, -0.2) is 14.2 Å². The van der Waals surface area contributed by atoms with Crippen molar-refractivity contribution in [2.75, 3.05) is 12.0 Å². The summed E-state index contributed by atoms with van der Waals surface area (Å²) >= 11 is 0. The quantitative estimate of drug-likeness (QED) is 0.664. The number of anilines is 1. The lowest BCUT2D eigenvalue weighted by Gasteiger charge is -2.36. The lowest BCUT2D eigenvalue weighted by molar-refractivity contribution is -0.133. The van der Waals surface area contributed by atoms with Crippen LogP contribution in [-0.4, -0.2) is 42.0 Å². The number of aryl methyl sites for hydroxylation is 1. The Kier molecular flexibility index (Phi) is 5.23. The molecule has 1 aromatic heterocycles. The van der Waals surface area contributed by atoms with E-state index in [4.69, 9.17) is 9.47 Å². The van der Waals surface area contributed by atoms with Crippen molar-refractivity contribution in [3.8, 4) is 0 Å². The van der Waals surface area contributed by atoms with Gasteiger partial charge in [0.05, 0.1) is 30.2 Å². The molecule has 0 N–H and O–H groups in total. The van der Waals surface area contributed by atoms with E-state index in [9.17, 15) is 18.8 Å². The number of aromatic nitrogens is 1. The highest BCUT2D eigenvalue weighted by Gasteiger charge is 2.53. The van der Waals surface area contributed by atoms with Gasteiger partial charge in [-0.15, -0.1) is 0 Å². The maximum atomic E-state index is 14.2. The number of ketones is 1. The first-order valence-corrected chi connectivity index (χ1v) is 10.9. The molecule has 1 fully saturated rings. The number of Topliss-reactive ketones (excluding diaryl/α,β-unsaturated/α-hetero) is 1. The van der Waals surface area contributed by atoms with Crippen molar-refractivity contribution in [3.63, 3.8) is 0 Å². The first-order chi connectivity index (χ1) is 15.9. The van der Waals surface area contributed by atoms with E-state index in [1.165, 1.54) is 12.0 Å². The summed E-state index contributed by atoms with van der Waals surface area (Å²) in [5.41, 5.74) is 1.90. The van der Waals surface area contributed by atoms with Gasteiger partial charge in [0.2, 0.25) is 0 Å². The van der Waals surface area contributed by atoms with Crippen molar-refractivity contribution in [2.45, 2.75) is 44.5 Å². The third kappa shape index (κ3) is 3.50. The number of nitrogens with zero attached hydrogens (tertiary/aromatic N) is 2. The predicted octanol–water partition coefficient (Wildman–Crippen LogP) is 3.62. The van der Waals surface area contributed by atoms with Gasteiger partial charge in [-0.2, -0.15) is 0 Å². The van der Waals surface area contributed by atoms with E-state index in [-0.39, 0.29) is 23.5 Å². The van der Waals surface area contributed by atoms with Crippen molar-refractivity contribution in [2.24, 2.45) is 5.92 Å². The Bertz CT molecular complexity index is 1180. The third-order valence-electron chi connectivity index (χ3n) is 6.55. The number of hydrogen-bond acceptors (Lipinski definition) is 6. The minimum Gasteiger partial charge on any atom is -0.483 e. The summed E-state index contributed by atoms with van der Waals surface area (Å²) in [5.74, 6) is -1.41. The molecule has 0 spiro atoms. The zero-order valence-corrected chi connectivity index (χ0v) is 18.3. The van der Waals surface area contributed by atoms with Crippen molar-refractivity contribution in [1.82, 2.24) is 4.98 Å². The summed E-state index contributed by atoms with van der Waals surface area (Å²) in [6, 6.07) is 11.0. The zero-order chi connectivity index (χ0) is 23.3. The topological polar surface area (TPSA) is 85.8 Å². The minimum atomic E-state index is -1.06. The van der Waals surface area contributed by atoms with Crippen LogP contribution in [0.3, 0.4) is 0 Å². The maximum Gasteiger partial charge on any atom is 0.337 e. The second kappa shape index (κ2) is 8.10. The molecule has 1 aliphatic carbocycles. The molecule has 2 aliphatic heterocycles. The number of fused-ring (bicyclic) bond motifs is 1. The molecule has 4 unspecified atom stereocenters. The van der Waals surface area contributed by atoms with Gasteiger partial charge < -0.3 is 9.47 Å². The van der Waals surface area contributed by atoms with Gasteiger partial charge in [0.1, 0.15) is 18.1 Å². The van der Waals surface area contributed by atoms with E-state index < -0.39 is 36.1 Å². The van der Waals surface area contributed by atoms with Crippen LogP contribution < -0.4 is 4.90 Å². The zero-order valence-electron chi connectivity index (χ0n) is 18.3. The Morgan fingerprint density at radius 3 is 2.61 bits per heavy atom. The predicted molar refractivity (Wildman–Crippen MR) is 116 cm³/mol. The van der Waals surface area contributed by atoms with Gasteiger partial charge in [-0.05, 0) is 56.0 Å². The highest BCUT2D eigenvalue weighted by Crippen LogP contribution is 2.48. The molecule has 2 aromatic rings. The number of rotatable bonds is 3. The molecule has 8 heteroatoms. The van der Waals surface area contributed by atoms with Gasteiger partial charge in [0, 0.05) is 5.69 Å². The monoisotopic (exact) mass is 450 g/mol. The van der Waals surface area contributed by atoms with E-state index >= 15 is 0 Å². The molecule has 1 aromatic carbocycles. The summed E-state index contributed by atoms with van der Waals surface area (Å²) < 4.78 is 25.0. The van der Waals surface area contributed by atoms with Crippen LogP contribution in [-0.2, 0) is 19.1 Å². The molecule has 0 bridgehead atoms. The average molecular weight is 450 g/mol. The molecule has 33 heavy (non-hydrogen) atoms. The summed E-state index contributed by atoms with van der Waals surface area (Å²) in [6.45, 7) is 1.81. The number of methoxy groups -OCH3 is 1. The summed E-state index contributed by atoms with van der Waals surface area (Å²) in [4.78, 5) is 45.0. The summed E-state index contributed by atoms with van der Waals surface area (Å²) in [7, 11) is 1.30. The number of hydrogen-bond donors (Lipinski definition) is 0. The Balaban J connectivity index is 1.62.